The highest BCUT2D eigenvalue weighted by atomic mass is 127. The Morgan fingerprint density at radius 1 is 1.17 bits per heavy atom. The number of nitrogens with zero attached hydrogens (tertiary/aromatic N) is 1. The SMILES string of the molecule is O=C(Nc1ccc(I)cc1)c1cccnc1SCCC(F)=C(F)F. The number of aromatic nitrogens is 1. The fraction of sp³-hybridized carbons (Fsp3) is 0.125. The van der Waals surface area contributed by atoms with Gasteiger partial charge in [0.15, 0.2) is 5.83 Å². The molecule has 0 aliphatic heterocycles. The smallest absolute Gasteiger partial charge is 0.301 e. The van der Waals surface area contributed by atoms with Crippen LogP contribution in [0.4, 0.5) is 18.9 Å². The van der Waals surface area contributed by atoms with Gasteiger partial charge >= 0.3 is 6.08 Å². The number of carbonyl (C=O) groups excluding carboxylic acids is 1. The fourth-order valence-electron chi connectivity index (χ4n) is 1.74. The molecule has 8 heteroatoms. The molecular formula is C16H12F3IN2OS. The number of halogens is 4. The van der Waals surface area contributed by atoms with Crippen molar-refractivity contribution in [2.75, 3.05) is 11.1 Å². The van der Waals surface area contributed by atoms with Gasteiger partial charge in [0, 0.05) is 27.6 Å². The average molecular weight is 464 g/mol. The Bertz CT molecular complexity index is 749. The second kappa shape index (κ2) is 9.07. The second-order valence-corrected chi connectivity index (χ2v) is 6.91. The molecule has 0 aliphatic carbocycles. The third kappa shape index (κ3) is 5.52. The molecule has 0 spiro atoms. The van der Waals surface area contributed by atoms with Crippen LogP contribution in [0.3, 0.4) is 0 Å². The highest BCUT2D eigenvalue weighted by molar-refractivity contribution is 14.1. The van der Waals surface area contributed by atoms with Crippen molar-refractivity contribution in [1.29, 1.82) is 0 Å². The molecule has 1 aromatic heterocycles. The molecule has 0 bridgehead atoms. The van der Waals surface area contributed by atoms with Crippen LogP contribution in [0.2, 0.25) is 0 Å². The molecule has 0 atom stereocenters. The summed E-state index contributed by atoms with van der Waals surface area (Å²) in [5.74, 6) is -1.74. The zero-order valence-electron chi connectivity index (χ0n) is 12.2. The standard InChI is InChI=1S/C16H12F3IN2OS/c17-13(14(18)19)7-9-24-16-12(2-1-8-21-16)15(23)22-11-5-3-10(20)4-6-11/h1-6,8H,7,9H2,(H,22,23). The lowest BCUT2D eigenvalue weighted by Gasteiger charge is -2.09. The topological polar surface area (TPSA) is 42.0 Å². The molecule has 2 aromatic rings. The second-order valence-electron chi connectivity index (χ2n) is 4.58. The van der Waals surface area contributed by atoms with E-state index in [-0.39, 0.29) is 11.7 Å². The van der Waals surface area contributed by atoms with Crippen molar-refractivity contribution in [2.45, 2.75) is 11.4 Å². The number of nitrogens with one attached hydrogen (secondary N) is 1. The van der Waals surface area contributed by atoms with Crippen LogP contribution in [0.1, 0.15) is 16.8 Å². The Kier molecular flexibility index (Phi) is 7.10. The van der Waals surface area contributed by atoms with Crippen LogP contribution in [0.5, 0.6) is 0 Å². The summed E-state index contributed by atoms with van der Waals surface area (Å²) in [6, 6.07) is 10.4. The van der Waals surface area contributed by atoms with Crippen LogP contribution >= 0.6 is 34.4 Å². The first-order valence-electron chi connectivity index (χ1n) is 6.81. The van der Waals surface area contributed by atoms with E-state index in [1.54, 1.807) is 24.3 Å². The van der Waals surface area contributed by atoms with E-state index in [2.05, 4.69) is 32.9 Å². The van der Waals surface area contributed by atoms with Crippen LogP contribution in [0, 0.1) is 3.57 Å². The molecule has 0 aliphatic rings. The summed E-state index contributed by atoms with van der Waals surface area (Å²) in [4.78, 5) is 16.4. The van der Waals surface area contributed by atoms with Crippen molar-refractivity contribution in [1.82, 2.24) is 4.98 Å². The Morgan fingerprint density at radius 2 is 1.88 bits per heavy atom. The van der Waals surface area contributed by atoms with Crippen LogP contribution in [-0.4, -0.2) is 16.6 Å². The minimum absolute atomic E-state index is 0.0595. The van der Waals surface area contributed by atoms with Gasteiger partial charge in [0.25, 0.3) is 5.91 Å². The maximum absolute atomic E-state index is 12.8. The predicted octanol–water partition coefficient (Wildman–Crippen LogP) is 5.50. The number of amides is 1. The van der Waals surface area contributed by atoms with Crippen LogP contribution in [-0.2, 0) is 0 Å². The number of allylic oxidation sites excluding steroid dienone is 1. The molecule has 1 aromatic carbocycles. The van der Waals surface area contributed by atoms with Crippen LogP contribution < -0.4 is 5.32 Å². The molecule has 1 heterocycles. The number of pyridine rings is 1. The van der Waals surface area contributed by atoms with Crippen molar-refractivity contribution in [3.63, 3.8) is 0 Å². The lowest BCUT2D eigenvalue weighted by molar-refractivity contribution is 0.102. The molecule has 0 fully saturated rings. The highest BCUT2D eigenvalue weighted by Crippen LogP contribution is 2.24. The molecule has 24 heavy (non-hydrogen) atoms. The summed E-state index contributed by atoms with van der Waals surface area (Å²) in [5.41, 5.74) is 0.944. The Hall–Kier alpha value is -1.55. The molecule has 2 rings (SSSR count). The number of anilines is 1. The lowest BCUT2D eigenvalue weighted by Crippen LogP contribution is -2.13. The van der Waals surface area contributed by atoms with E-state index in [1.165, 1.54) is 6.20 Å². The average Bonchev–Trinajstić information content (AvgIpc) is 2.57. The van der Waals surface area contributed by atoms with Gasteiger partial charge in [-0.1, -0.05) is 0 Å². The van der Waals surface area contributed by atoms with Gasteiger partial charge in [-0.15, -0.1) is 11.8 Å². The molecule has 1 N–H and O–H groups in total. The summed E-state index contributed by atoms with van der Waals surface area (Å²) in [6.45, 7) is 0. The third-order valence-electron chi connectivity index (χ3n) is 2.88. The largest absolute Gasteiger partial charge is 0.322 e. The number of hydrogen-bond acceptors (Lipinski definition) is 3. The number of hydrogen-bond donors (Lipinski definition) is 1. The van der Waals surface area contributed by atoms with E-state index in [4.69, 9.17) is 0 Å². The third-order valence-corrected chi connectivity index (χ3v) is 4.61. The molecule has 1 amide bonds. The van der Waals surface area contributed by atoms with E-state index < -0.39 is 18.3 Å². The van der Waals surface area contributed by atoms with E-state index in [0.717, 1.165) is 15.3 Å². The maximum atomic E-state index is 12.8. The zero-order valence-corrected chi connectivity index (χ0v) is 15.2. The fourth-order valence-corrected chi connectivity index (χ4v) is 3.03. The minimum atomic E-state index is -2.31. The van der Waals surface area contributed by atoms with E-state index in [9.17, 15) is 18.0 Å². The number of rotatable bonds is 6. The van der Waals surface area contributed by atoms with Gasteiger partial charge in [-0.2, -0.15) is 8.78 Å². The molecule has 0 unspecified atom stereocenters. The Labute approximate surface area is 154 Å². The monoisotopic (exact) mass is 464 g/mol. The van der Waals surface area contributed by atoms with Gasteiger partial charge < -0.3 is 5.32 Å². The van der Waals surface area contributed by atoms with Crippen molar-refractivity contribution in [3.05, 3.63) is 63.6 Å². The Morgan fingerprint density at radius 3 is 2.54 bits per heavy atom. The van der Waals surface area contributed by atoms with Gasteiger partial charge in [-0.05, 0) is 59.0 Å². The molecule has 0 saturated carbocycles. The predicted molar refractivity (Wildman–Crippen MR) is 97.0 cm³/mol. The highest BCUT2D eigenvalue weighted by Gasteiger charge is 2.14. The normalized spacial score (nSPS) is 10.3. The molecule has 0 radical (unpaired) electrons. The molecule has 3 nitrogen and oxygen atoms in total. The number of carbonyl (C=O) groups is 1. The van der Waals surface area contributed by atoms with Crippen molar-refractivity contribution >= 4 is 45.9 Å². The quantitative estimate of drug-likeness (QED) is 0.454. The van der Waals surface area contributed by atoms with Crippen LogP contribution in [0.15, 0.2) is 59.5 Å². The molecular weight excluding hydrogens is 452 g/mol. The first-order valence-corrected chi connectivity index (χ1v) is 8.88. The van der Waals surface area contributed by atoms with E-state index in [0.29, 0.717) is 16.3 Å². The van der Waals surface area contributed by atoms with Gasteiger partial charge in [0.05, 0.1) is 5.56 Å². The van der Waals surface area contributed by atoms with Crippen LogP contribution in [0.25, 0.3) is 0 Å². The summed E-state index contributed by atoms with van der Waals surface area (Å²) in [7, 11) is 0. The van der Waals surface area contributed by atoms with Gasteiger partial charge in [-0.3, -0.25) is 4.79 Å². The summed E-state index contributed by atoms with van der Waals surface area (Å²) < 4.78 is 38.0. The summed E-state index contributed by atoms with van der Waals surface area (Å²) in [5, 5.41) is 3.11. The van der Waals surface area contributed by atoms with Gasteiger partial charge in [0.1, 0.15) is 5.03 Å². The lowest BCUT2D eigenvalue weighted by atomic mass is 10.2. The van der Waals surface area contributed by atoms with E-state index >= 15 is 0 Å². The molecule has 126 valence electrons. The van der Waals surface area contributed by atoms with Crippen molar-refractivity contribution < 1.29 is 18.0 Å². The first-order chi connectivity index (χ1) is 11.5. The van der Waals surface area contributed by atoms with E-state index in [1.807, 2.05) is 12.1 Å². The number of thioether (sulfide) groups is 1. The van der Waals surface area contributed by atoms with Gasteiger partial charge in [-0.25, -0.2) is 9.37 Å². The maximum Gasteiger partial charge on any atom is 0.301 e. The first kappa shape index (κ1) is 18.8. The molecule has 0 saturated heterocycles. The minimum Gasteiger partial charge on any atom is -0.322 e. The van der Waals surface area contributed by atoms with Crippen molar-refractivity contribution in [2.24, 2.45) is 0 Å². The van der Waals surface area contributed by atoms with Gasteiger partial charge in [0.2, 0.25) is 0 Å². The summed E-state index contributed by atoms with van der Waals surface area (Å²) >= 11 is 3.21. The summed E-state index contributed by atoms with van der Waals surface area (Å²) in [6.07, 6.45) is -1.23. The van der Waals surface area contributed by atoms with Crippen molar-refractivity contribution in [3.8, 4) is 0 Å². The zero-order chi connectivity index (χ0) is 17.5. The Balaban J connectivity index is 2.06. The number of benzene rings is 1.